The molecule has 0 saturated heterocycles. The lowest BCUT2D eigenvalue weighted by atomic mass is 10.0. The number of hydrazine groups is 4. The highest BCUT2D eigenvalue weighted by Crippen LogP contribution is 2.38. The van der Waals surface area contributed by atoms with Gasteiger partial charge in [-0.15, -0.1) is 0 Å². The Labute approximate surface area is 259 Å². The summed E-state index contributed by atoms with van der Waals surface area (Å²) in [7, 11) is 0. The third-order valence-electron chi connectivity index (χ3n) is 7.60. The predicted molar refractivity (Wildman–Crippen MR) is 180 cm³/mol. The second-order valence-corrected chi connectivity index (χ2v) is 11.6. The van der Waals surface area contributed by atoms with E-state index in [0.29, 0.717) is 10.7 Å². The number of phenols is 2. The summed E-state index contributed by atoms with van der Waals surface area (Å²) in [6, 6.07) is 23.3. The van der Waals surface area contributed by atoms with Crippen LogP contribution in [0.4, 0.5) is 34.1 Å². The van der Waals surface area contributed by atoms with Crippen LogP contribution < -0.4 is 31.9 Å². The fourth-order valence-electron chi connectivity index (χ4n) is 5.28. The van der Waals surface area contributed by atoms with Gasteiger partial charge in [-0.05, 0) is 91.9 Å². The molecule has 0 fully saturated rings. The van der Waals surface area contributed by atoms with Crippen molar-refractivity contribution in [3.63, 3.8) is 0 Å². The molecule has 0 amide bonds. The van der Waals surface area contributed by atoms with Crippen molar-refractivity contribution in [2.45, 2.75) is 65.7 Å². The van der Waals surface area contributed by atoms with Crippen LogP contribution in [-0.2, 0) is 6.42 Å². The number of aromatic hydroxyl groups is 2. The number of phenolic OH excluding ortho intramolecular Hbond substituents is 2. The number of rotatable bonds is 9. The molecule has 0 radical (unpaired) electrons. The molecule has 6 N–H and O–H groups in total. The van der Waals surface area contributed by atoms with Crippen LogP contribution in [0.3, 0.4) is 0 Å². The lowest BCUT2D eigenvalue weighted by molar-refractivity contribution is 0.471. The van der Waals surface area contributed by atoms with Gasteiger partial charge < -0.3 is 10.2 Å². The number of hydrogen-bond acceptors (Lipinski definition) is 8. The molecule has 2 aliphatic rings. The van der Waals surface area contributed by atoms with E-state index < -0.39 is 0 Å². The molecule has 0 atom stereocenters. The van der Waals surface area contributed by atoms with E-state index >= 15 is 0 Å². The van der Waals surface area contributed by atoms with E-state index in [2.05, 4.69) is 34.7 Å². The molecule has 2 heterocycles. The minimum absolute atomic E-state index is 0.254. The second kappa shape index (κ2) is 13.7. The number of unbranched alkanes of at least 4 members (excludes halogenated alkanes) is 5. The van der Waals surface area contributed by atoms with Gasteiger partial charge in [0, 0.05) is 5.02 Å². The molecule has 9 heteroatoms. The number of benzene rings is 4. The maximum atomic E-state index is 10.2. The molecule has 43 heavy (non-hydrogen) atoms. The van der Waals surface area contributed by atoms with Crippen molar-refractivity contribution in [1.82, 2.24) is 0 Å². The van der Waals surface area contributed by atoms with E-state index in [4.69, 9.17) is 11.6 Å². The molecule has 4 aromatic carbocycles. The van der Waals surface area contributed by atoms with E-state index in [-0.39, 0.29) is 11.5 Å². The molecule has 6 rings (SSSR count). The van der Waals surface area contributed by atoms with Crippen molar-refractivity contribution in [2.75, 3.05) is 31.9 Å². The Kier molecular flexibility index (Phi) is 9.57. The van der Waals surface area contributed by atoms with Crippen molar-refractivity contribution in [2.24, 2.45) is 0 Å². The Morgan fingerprint density at radius 1 is 0.651 bits per heavy atom. The molecule has 226 valence electrons. The van der Waals surface area contributed by atoms with Crippen LogP contribution in [0.2, 0.25) is 5.02 Å². The molecule has 4 aromatic rings. The van der Waals surface area contributed by atoms with Gasteiger partial charge in [-0.3, -0.25) is 21.7 Å². The average Bonchev–Trinajstić information content (AvgIpc) is 3.62. The first-order valence-corrected chi connectivity index (χ1v) is 15.4. The van der Waals surface area contributed by atoms with Crippen LogP contribution in [0.5, 0.6) is 11.5 Å². The Hall–Kier alpha value is -4.43. The molecule has 0 spiro atoms. The molecular formula is C34H41ClN6O2. The zero-order valence-electron chi connectivity index (χ0n) is 25.0. The zero-order valence-corrected chi connectivity index (χ0v) is 25.8. The Morgan fingerprint density at radius 3 is 2.00 bits per heavy atom. The van der Waals surface area contributed by atoms with Gasteiger partial charge in [0.2, 0.25) is 0 Å². The number of aryl methyl sites for hydroxylation is 3. The summed E-state index contributed by atoms with van der Waals surface area (Å²) in [5, 5.41) is 24.5. The summed E-state index contributed by atoms with van der Waals surface area (Å²) < 4.78 is 0. The number of nitrogens with zero attached hydrogens (tertiary/aromatic N) is 2. The van der Waals surface area contributed by atoms with Gasteiger partial charge in [-0.1, -0.05) is 74.9 Å². The highest BCUT2D eigenvalue weighted by atomic mass is 35.5. The van der Waals surface area contributed by atoms with Crippen molar-refractivity contribution < 1.29 is 10.2 Å². The average molecular weight is 601 g/mol. The van der Waals surface area contributed by atoms with E-state index in [0.717, 1.165) is 46.0 Å². The first-order valence-electron chi connectivity index (χ1n) is 15.0. The molecule has 0 saturated carbocycles. The van der Waals surface area contributed by atoms with Crippen LogP contribution in [-0.4, -0.2) is 10.2 Å². The fourth-order valence-corrected chi connectivity index (χ4v) is 5.46. The van der Waals surface area contributed by atoms with Crippen molar-refractivity contribution in [3.8, 4) is 11.5 Å². The maximum absolute atomic E-state index is 10.2. The van der Waals surface area contributed by atoms with E-state index in [1.807, 2.05) is 74.5 Å². The molecule has 0 aliphatic carbocycles. The largest absolute Gasteiger partial charge is 0.506 e. The summed E-state index contributed by atoms with van der Waals surface area (Å²) in [6.07, 6.45) is 8.84. The smallest absolute Gasteiger partial charge is 0.145 e. The number of nitrogens with one attached hydrogen (secondary N) is 4. The van der Waals surface area contributed by atoms with Gasteiger partial charge in [0.25, 0.3) is 0 Å². The van der Waals surface area contributed by atoms with Crippen molar-refractivity contribution in [1.29, 1.82) is 0 Å². The van der Waals surface area contributed by atoms with Crippen molar-refractivity contribution >= 4 is 45.7 Å². The number of hydrogen-bond donors (Lipinski definition) is 6. The minimum atomic E-state index is 0.254. The van der Waals surface area contributed by atoms with Crippen LogP contribution in [0, 0.1) is 13.8 Å². The summed E-state index contributed by atoms with van der Waals surface area (Å²) in [6.45, 7) is 6.12. The SMILES string of the molecule is CCCCCCCCc1ccc(O)c(N2Nc3ccccc3N2)c1.Cc1cc(C)c(O)c(N2Nc3ccc(Cl)cc3N2)c1. The normalized spacial score (nSPS) is 12.7. The fraction of sp³-hybridized carbons (Fsp3) is 0.294. The van der Waals surface area contributed by atoms with Crippen LogP contribution >= 0.6 is 11.6 Å². The first kappa shape index (κ1) is 30.0. The Balaban J connectivity index is 0.000000176. The molecule has 2 aliphatic heterocycles. The third-order valence-corrected chi connectivity index (χ3v) is 7.84. The molecule has 8 nitrogen and oxygen atoms in total. The monoisotopic (exact) mass is 600 g/mol. The second-order valence-electron chi connectivity index (χ2n) is 11.1. The van der Waals surface area contributed by atoms with Gasteiger partial charge in [-0.25, -0.2) is 0 Å². The Morgan fingerprint density at radius 2 is 1.28 bits per heavy atom. The predicted octanol–water partition coefficient (Wildman–Crippen LogP) is 9.31. The van der Waals surface area contributed by atoms with E-state index in [1.54, 1.807) is 16.3 Å². The lowest BCUT2D eigenvalue weighted by Crippen LogP contribution is -2.29. The summed E-state index contributed by atoms with van der Waals surface area (Å²) in [4.78, 5) is 0. The quantitative estimate of drug-likeness (QED) is 0.106. The van der Waals surface area contributed by atoms with Gasteiger partial charge in [-0.2, -0.15) is 10.2 Å². The third kappa shape index (κ3) is 7.32. The number of anilines is 6. The van der Waals surface area contributed by atoms with Gasteiger partial charge in [0.1, 0.15) is 22.9 Å². The maximum Gasteiger partial charge on any atom is 0.145 e. The van der Waals surface area contributed by atoms with Gasteiger partial charge in [0.15, 0.2) is 0 Å². The van der Waals surface area contributed by atoms with Crippen LogP contribution in [0.15, 0.2) is 72.8 Å². The minimum Gasteiger partial charge on any atom is -0.506 e. The molecule has 0 aromatic heterocycles. The highest BCUT2D eigenvalue weighted by Gasteiger charge is 2.22. The van der Waals surface area contributed by atoms with E-state index in [9.17, 15) is 10.2 Å². The van der Waals surface area contributed by atoms with Crippen molar-refractivity contribution in [3.05, 3.63) is 94.5 Å². The summed E-state index contributed by atoms with van der Waals surface area (Å²) in [5.41, 5.74) is 21.3. The number of para-hydroxylation sites is 2. The van der Waals surface area contributed by atoms with Gasteiger partial charge in [0.05, 0.1) is 22.7 Å². The summed E-state index contributed by atoms with van der Waals surface area (Å²) >= 11 is 5.96. The summed E-state index contributed by atoms with van der Waals surface area (Å²) in [5.74, 6) is 0.527. The van der Waals surface area contributed by atoms with E-state index in [1.165, 1.54) is 44.1 Å². The topological polar surface area (TPSA) is 95.1 Å². The molecule has 0 bridgehead atoms. The molecule has 0 unspecified atom stereocenters. The first-order chi connectivity index (χ1) is 20.8. The highest BCUT2D eigenvalue weighted by molar-refractivity contribution is 6.31. The van der Waals surface area contributed by atoms with Crippen LogP contribution in [0.25, 0.3) is 0 Å². The standard InChI is InChI=1S/C20H27N3O.C14H14ClN3O/c1-2-3-4-5-6-7-10-16-13-14-20(24)19(15-16)23-21-17-11-8-9-12-18(17)22-23;1-8-5-9(2)14(19)13(6-8)18-16-11-4-3-10(15)7-12(11)17-18/h8-9,11-15,21-22,24H,2-7,10H2,1H3;3-7,16-17,19H,1-2H3. The molecular weight excluding hydrogens is 560 g/mol. The number of halogens is 1. The lowest BCUT2D eigenvalue weighted by Gasteiger charge is -2.21. The Bertz CT molecular complexity index is 1540. The van der Waals surface area contributed by atoms with Crippen LogP contribution in [0.1, 0.15) is 62.1 Å². The number of fused-ring (bicyclic) bond motifs is 2. The zero-order chi connectivity index (χ0) is 30.3. The van der Waals surface area contributed by atoms with Gasteiger partial charge >= 0.3 is 0 Å².